The normalized spacial score (nSPS) is 12.5. The lowest BCUT2D eigenvalue weighted by Gasteiger charge is -2.22. The molecule has 0 saturated heterocycles. The number of fused-ring (bicyclic) bond motifs is 2. The zero-order valence-electron chi connectivity index (χ0n) is 15.8. The zero-order valence-corrected chi connectivity index (χ0v) is 16.6. The van der Waals surface area contributed by atoms with Crippen molar-refractivity contribution in [3.8, 4) is 17.2 Å². The Hall–Kier alpha value is -2.84. The molecule has 8 heteroatoms. The van der Waals surface area contributed by atoms with E-state index in [1.54, 1.807) is 4.90 Å². The Bertz CT molecular complexity index is 933. The zero-order chi connectivity index (χ0) is 19.5. The quantitative estimate of drug-likeness (QED) is 0.609. The topological polar surface area (TPSA) is 64.1 Å². The van der Waals surface area contributed by atoms with Gasteiger partial charge in [0.15, 0.2) is 23.2 Å². The lowest BCUT2D eigenvalue weighted by molar-refractivity contribution is -0.120. The van der Waals surface area contributed by atoms with Crippen molar-refractivity contribution in [2.45, 2.75) is 0 Å². The number of rotatable bonds is 7. The fraction of sp³-hybridized carbons (Fsp3) is 0.300. The highest BCUT2D eigenvalue weighted by molar-refractivity contribution is 7.22. The van der Waals surface area contributed by atoms with Crippen LogP contribution in [0.3, 0.4) is 0 Å². The number of thiazole rings is 1. The van der Waals surface area contributed by atoms with Crippen molar-refractivity contribution in [3.63, 3.8) is 0 Å². The van der Waals surface area contributed by atoms with Crippen LogP contribution in [0.5, 0.6) is 17.2 Å². The second-order valence-electron chi connectivity index (χ2n) is 6.62. The van der Waals surface area contributed by atoms with Crippen LogP contribution in [0.4, 0.5) is 5.13 Å². The van der Waals surface area contributed by atoms with Gasteiger partial charge in [0, 0.05) is 25.2 Å². The number of para-hydroxylation sites is 1. The number of aromatic nitrogens is 1. The van der Waals surface area contributed by atoms with Crippen LogP contribution in [0, 0.1) is 0 Å². The van der Waals surface area contributed by atoms with Crippen LogP contribution in [0.15, 0.2) is 42.5 Å². The minimum absolute atomic E-state index is 0.0455. The van der Waals surface area contributed by atoms with E-state index in [0.29, 0.717) is 28.9 Å². The number of nitrogens with zero attached hydrogens (tertiary/aromatic N) is 3. The number of likely N-dealkylation sites (N-methyl/N-ethyl adjacent to an activating group) is 1. The molecular weight excluding hydrogens is 378 g/mol. The Balaban J connectivity index is 1.56. The molecule has 0 unspecified atom stereocenters. The van der Waals surface area contributed by atoms with Gasteiger partial charge in [0.05, 0.1) is 10.2 Å². The first kappa shape index (κ1) is 18.5. The van der Waals surface area contributed by atoms with E-state index in [9.17, 15) is 4.79 Å². The number of benzene rings is 2. The van der Waals surface area contributed by atoms with Crippen LogP contribution in [-0.4, -0.2) is 56.4 Å². The predicted octanol–water partition coefficient (Wildman–Crippen LogP) is 3.00. The summed E-state index contributed by atoms with van der Waals surface area (Å²) in [5.41, 5.74) is 0.788. The average Bonchev–Trinajstić information content (AvgIpc) is 3.30. The fourth-order valence-corrected chi connectivity index (χ4v) is 3.81. The predicted molar refractivity (Wildman–Crippen MR) is 109 cm³/mol. The third-order valence-corrected chi connectivity index (χ3v) is 5.32. The third-order valence-electron chi connectivity index (χ3n) is 4.28. The average molecular weight is 399 g/mol. The molecule has 1 amide bonds. The van der Waals surface area contributed by atoms with Crippen molar-refractivity contribution < 1.29 is 19.0 Å². The molecule has 7 nitrogen and oxygen atoms in total. The van der Waals surface area contributed by atoms with Crippen LogP contribution >= 0.6 is 11.3 Å². The Morgan fingerprint density at radius 1 is 1.14 bits per heavy atom. The molecule has 0 spiro atoms. The summed E-state index contributed by atoms with van der Waals surface area (Å²) in [6.45, 7) is 1.42. The smallest absolute Gasteiger partial charge is 0.266 e. The number of amides is 1. The molecule has 1 aliphatic rings. The van der Waals surface area contributed by atoms with E-state index >= 15 is 0 Å². The molecule has 1 aromatic heterocycles. The third kappa shape index (κ3) is 4.02. The molecule has 0 saturated carbocycles. The van der Waals surface area contributed by atoms with E-state index in [1.165, 1.54) is 11.3 Å². The number of anilines is 1. The molecule has 3 aromatic rings. The Morgan fingerprint density at radius 2 is 1.89 bits per heavy atom. The summed E-state index contributed by atoms with van der Waals surface area (Å²) in [6.07, 6.45) is 0. The molecule has 0 radical (unpaired) electrons. The lowest BCUT2D eigenvalue weighted by atomic mass is 10.3. The van der Waals surface area contributed by atoms with Crippen LogP contribution in [0.2, 0.25) is 0 Å². The molecule has 2 aromatic carbocycles. The number of hydrogen-bond acceptors (Lipinski definition) is 7. The maximum atomic E-state index is 12.9. The summed E-state index contributed by atoms with van der Waals surface area (Å²) in [7, 11) is 3.95. The van der Waals surface area contributed by atoms with Crippen molar-refractivity contribution in [2.24, 2.45) is 0 Å². The van der Waals surface area contributed by atoms with Gasteiger partial charge < -0.3 is 19.1 Å². The van der Waals surface area contributed by atoms with Crippen LogP contribution in [0.1, 0.15) is 0 Å². The van der Waals surface area contributed by atoms with E-state index in [-0.39, 0.29) is 19.3 Å². The van der Waals surface area contributed by atoms with Crippen molar-refractivity contribution >= 4 is 32.6 Å². The highest BCUT2D eigenvalue weighted by atomic mass is 32.1. The van der Waals surface area contributed by atoms with Gasteiger partial charge in [-0.2, -0.15) is 0 Å². The van der Waals surface area contributed by atoms with Gasteiger partial charge >= 0.3 is 0 Å². The lowest BCUT2D eigenvalue weighted by Crippen LogP contribution is -2.39. The number of ether oxygens (including phenoxy) is 3. The van der Waals surface area contributed by atoms with Gasteiger partial charge in [-0.05, 0) is 26.2 Å². The van der Waals surface area contributed by atoms with Gasteiger partial charge in [-0.3, -0.25) is 9.69 Å². The first-order chi connectivity index (χ1) is 13.6. The monoisotopic (exact) mass is 399 g/mol. The molecule has 1 aliphatic heterocycles. The standard InChI is InChI=1S/C20H21N3O4S/c1-22(2)8-9-23(19(24)12-25-14-6-4-3-5-7-14)20-21-15-10-16-17(27-13-26-16)11-18(15)28-20/h3-7,10-11H,8-9,12-13H2,1-2H3. The highest BCUT2D eigenvalue weighted by Gasteiger charge is 2.22. The molecule has 28 heavy (non-hydrogen) atoms. The molecule has 0 bridgehead atoms. The minimum Gasteiger partial charge on any atom is -0.484 e. The highest BCUT2D eigenvalue weighted by Crippen LogP contribution is 2.39. The second kappa shape index (κ2) is 8.04. The Labute approximate surface area is 167 Å². The minimum atomic E-state index is -0.134. The number of hydrogen-bond donors (Lipinski definition) is 0. The summed E-state index contributed by atoms with van der Waals surface area (Å²) in [5.74, 6) is 1.92. The van der Waals surface area contributed by atoms with Gasteiger partial charge in [-0.25, -0.2) is 4.98 Å². The molecule has 2 heterocycles. The van der Waals surface area contributed by atoms with Gasteiger partial charge in [0.2, 0.25) is 6.79 Å². The van der Waals surface area contributed by atoms with E-state index < -0.39 is 0 Å². The van der Waals surface area contributed by atoms with Crippen LogP contribution < -0.4 is 19.1 Å². The van der Waals surface area contributed by atoms with Crippen molar-refractivity contribution in [1.82, 2.24) is 9.88 Å². The maximum Gasteiger partial charge on any atom is 0.266 e. The summed E-state index contributed by atoms with van der Waals surface area (Å²) in [5, 5.41) is 0.641. The van der Waals surface area contributed by atoms with Gasteiger partial charge in [0.25, 0.3) is 5.91 Å². The molecule has 0 N–H and O–H groups in total. The summed E-state index contributed by atoms with van der Waals surface area (Å²) in [4.78, 5) is 21.3. The van der Waals surface area contributed by atoms with E-state index in [4.69, 9.17) is 14.2 Å². The van der Waals surface area contributed by atoms with E-state index in [0.717, 1.165) is 16.8 Å². The van der Waals surface area contributed by atoms with Gasteiger partial charge in [0.1, 0.15) is 5.75 Å². The molecular formula is C20H21N3O4S. The molecule has 4 rings (SSSR count). The summed E-state index contributed by atoms with van der Waals surface area (Å²) >= 11 is 1.46. The molecule has 0 atom stereocenters. The van der Waals surface area contributed by atoms with Crippen LogP contribution in [0.25, 0.3) is 10.2 Å². The first-order valence-corrected chi connectivity index (χ1v) is 9.75. The number of carbonyl (C=O) groups is 1. The van der Waals surface area contributed by atoms with Crippen molar-refractivity contribution in [1.29, 1.82) is 0 Å². The maximum absolute atomic E-state index is 12.9. The Kier molecular flexibility index (Phi) is 5.31. The Morgan fingerprint density at radius 3 is 2.64 bits per heavy atom. The summed E-state index contributed by atoms with van der Waals surface area (Å²) in [6, 6.07) is 13.1. The first-order valence-electron chi connectivity index (χ1n) is 8.93. The SMILES string of the molecule is CN(C)CCN(C(=O)COc1ccccc1)c1nc2cc3c(cc2s1)OCO3. The largest absolute Gasteiger partial charge is 0.484 e. The molecule has 0 aliphatic carbocycles. The van der Waals surface area contributed by atoms with E-state index in [1.807, 2.05) is 61.5 Å². The van der Waals surface area contributed by atoms with Crippen molar-refractivity contribution in [3.05, 3.63) is 42.5 Å². The second-order valence-corrected chi connectivity index (χ2v) is 7.63. The summed E-state index contributed by atoms with van der Waals surface area (Å²) < 4.78 is 17.5. The van der Waals surface area contributed by atoms with Gasteiger partial charge in [-0.15, -0.1) is 0 Å². The van der Waals surface area contributed by atoms with Crippen LogP contribution in [-0.2, 0) is 4.79 Å². The van der Waals surface area contributed by atoms with E-state index in [2.05, 4.69) is 4.98 Å². The molecule has 0 fully saturated rings. The fourth-order valence-electron chi connectivity index (χ4n) is 2.79. The number of carbonyl (C=O) groups excluding carboxylic acids is 1. The van der Waals surface area contributed by atoms with Gasteiger partial charge in [-0.1, -0.05) is 29.5 Å². The molecule has 146 valence electrons. The van der Waals surface area contributed by atoms with Crippen molar-refractivity contribution in [2.75, 3.05) is 45.5 Å².